The fourth-order valence-electron chi connectivity index (χ4n) is 2.33. The average Bonchev–Trinajstić information content (AvgIpc) is 2.45. The molecule has 1 aromatic carbocycles. The van der Waals surface area contributed by atoms with Crippen LogP contribution < -0.4 is 10.9 Å². The minimum atomic E-state index is -0.943. The van der Waals surface area contributed by atoms with E-state index in [-0.39, 0.29) is 17.8 Å². The lowest BCUT2D eigenvalue weighted by molar-refractivity contribution is 0.0468. The van der Waals surface area contributed by atoms with Gasteiger partial charge in [0.2, 0.25) is 0 Å². The number of H-pyrrole nitrogens is 1. The average molecular weight is 288 g/mol. The lowest BCUT2D eigenvalue weighted by atomic mass is 10.0. The topological polar surface area (TPSA) is 82.2 Å². The van der Waals surface area contributed by atoms with Gasteiger partial charge in [0, 0.05) is 11.9 Å². The third kappa shape index (κ3) is 3.70. The minimum Gasteiger partial charge on any atom is -0.388 e. The first-order chi connectivity index (χ1) is 9.93. The maximum atomic E-state index is 12.1. The Hall–Kier alpha value is -2.14. The molecular weight excluding hydrogens is 268 g/mol. The van der Waals surface area contributed by atoms with Crippen LogP contribution in [0.5, 0.6) is 0 Å². The number of nitrogens with one attached hydrogen (secondary N) is 2. The quantitative estimate of drug-likeness (QED) is 0.784. The van der Waals surface area contributed by atoms with Crippen molar-refractivity contribution >= 4 is 16.7 Å². The van der Waals surface area contributed by atoms with E-state index in [0.717, 1.165) is 6.42 Å². The van der Waals surface area contributed by atoms with Crippen LogP contribution in [0, 0.1) is 0 Å². The Morgan fingerprint density at radius 2 is 2.10 bits per heavy atom. The van der Waals surface area contributed by atoms with Gasteiger partial charge in [-0.05, 0) is 30.9 Å². The van der Waals surface area contributed by atoms with Crippen LogP contribution in [0.3, 0.4) is 0 Å². The molecule has 0 saturated heterocycles. The summed E-state index contributed by atoms with van der Waals surface area (Å²) in [6.45, 7) is 3.80. The summed E-state index contributed by atoms with van der Waals surface area (Å²) in [6, 6.07) is 8.73. The van der Waals surface area contributed by atoms with Crippen molar-refractivity contribution in [2.75, 3.05) is 6.54 Å². The van der Waals surface area contributed by atoms with Crippen molar-refractivity contribution in [3.8, 4) is 0 Å². The fourth-order valence-corrected chi connectivity index (χ4v) is 2.33. The van der Waals surface area contributed by atoms with Gasteiger partial charge in [0.1, 0.15) is 5.69 Å². The Kier molecular flexibility index (Phi) is 4.43. The summed E-state index contributed by atoms with van der Waals surface area (Å²) in [5.74, 6) is -0.394. The lowest BCUT2D eigenvalue weighted by Gasteiger charge is -2.22. The largest absolute Gasteiger partial charge is 0.388 e. The second-order valence-electron chi connectivity index (χ2n) is 5.53. The Balaban J connectivity index is 2.18. The summed E-state index contributed by atoms with van der Waals surface area (Å²) < 4.78 is 0. The van der Waals surface area contributed by atoms with Crippen molar-refractivity contribution < 1.29 is 9.90 Å². The van der Waals surface area contributed by atoms with Gasteiger partial charge in [0.25, 0.3) is 11.5 Å². The van der Waals surface area contributed by atoms with Gasteiger partial charge >= 0.3 is 0 Å². The summed E-state index contributed by atoms with van der Waals surface area (Å²) in [5.41, 5.74) is -1.04. The summed E-state index contributed by atoms with van der Waals surface area (Å²) in [7, 11) is 0. The van der Waals surface area contributed by atoms with E-state index in [0.29, 0.717) is 17.2 Å². The number of carbonyl (C=O) groups excluding carboxylic acids is 1. The standard InChI is InChI=1S/C16H20N2O3/c1-3-8-16(2,21)10-17-15(20)13-9-11-6-4-5-7-12(11)14(19)18-13/h4-7,9,21H,3,8,10H2,1-2H3,(H,17,20)(H,18,19). The van der Waals surface area contributed by atoms with Gasteiger partial charge in [-0.25, -0.2) is 0 Å². The number of rotatable bonds is 5. The molecule has 1 aromatic heterocycles. The van der Waals surface area contributed by atoms with Gasteiger partial charge in [-0.15, -0.1) is 0 Å². The van der Waals surface area contributed by atoms with Gasteiger partial charge in [-0.2, -0.15) is 0 Å². The van der Waals surface area contributed by atoms with E-state index < -0.39 is 11.5 Å². The number of aromatic nitrogens is 1. The van der Waals surface area contributed by atoms with Gasteiger partial charge in [-0.1, -0.05) is 31.5 Å². The number of pyridine rings is 1. The summed E-state index contributed by atoms with van der Waals surface area (Å²) in [5, 5.41) is 14.0. The van der Waals surface area contributed by atoms with Crippen LogP contribution >= 0.6 is 0 Å². The highest BCUT2D eigenvalue weighted by atomic mass is 16.3. The van der Waals surface area contributed by atoms with Gasteiger partial charge in [0.15, 0.2) is 0 Å². The highest BCUT2D eigenvalue weighted by Gasteiger charge is 2.20. The summed E-state index contributed by atoms with van der Waals surface area (Å²) in [6.07, 6.45) is 1.43. The van der Waals surface area contributed by atoms with Gasteiger partial charge < -0.3 is 15.4 Å². The van der Waals surface area contributed by atoms with Crippen molar-refractivity contribution in [2.24, 2.45) is 0 Å². The number of hydrogen-bond donors (Lipinski definition) is 3. The zero-order valence-electron chi connectivity index (χ0n) is 12.3. The SMILES string of the molecule is CCCC(C)(O)CNC(=O)c1cc2ccccc2c(=O)[nH]1. The normalized spacial score (nSPS) is 13.9. The molecule has 0 bridgehead atoms. The van der Waals surface area contributed by atoms with E-state index in [1.807, 2.05) is 13.0 Å². The molecule has 0 aliphatic rings. The molecule has 21 heavy (non-hydrogen) atoms. The summed E-state index contributed by atoms with van der Waals surface area (Å²) in [4.78, 5) is 26.6. The van der Waals surface area contributed by atoms with Gasteiger partial charge in [-0.3, -0.25) is 9.59 Å². The Bertz CT molecular complexity index is 704. The first-order valence-corrected chi connectivity index (χ1v) is 7.05. The molecule has 1 heterocycles. The molecule has 112 valence electrons. The van der Waals surface area contributed by atoms with Crippen LogP contribution in [0.25, 0.3) is 10.8 Å². The highest BCUT2D eigenvalue weighted by molar-refractivity contribution is 5.96. The number of benzene rings is 1. The molecule has 1 amide bonds. The smallest absolute Gasteiger partial charge is 0.267 e. The third-order valence-corrected chi connectivity index (χ3v) is 3.42. The maximum absolute atomic E-state index is 12.1. The first-order valence-electron chi connectivity index (χ1n) is 7.05. The van der Waals surface area contributed by atoms with Crippen LogP contribution in [0.2, 0.25) is 0 Å². The Labute approximate surface area is 123 Å². The Morgan fingerprint density at radius 3 is 2.81 bits per heavy atom. The molecule has 2 rings (SSSR count). The molecular formula is C16H20N2O3. The van der Waals surface area contributed by atoms with Crippen molar-refractivity contribution in [3.05, 3.63) is 46.4 Å². The Morgan fingerprint density at radius 1 is 1.38 bits per heavy atom. The molecule has 0 spiro atoms. The molecule has 1 unspecified atom stereocenters. The number of aliphatic hydroxyl groups is 1. The van der Waals surface area contributed by atoms with E-state index >= 15 is 0 Å². The predicted molar refractivity (Wildman–Crippen MR) is 82.4 cm³/mol. The molecule has 0 aliphatic carbocycles. The van der Waals surface area contributed by atoms with Crippen molar-refractivity contribution in [2.45, 2.75) is 32.3 Å². The predicted octanol–water partition coefficient (Wildman–Crippen LogP) is 1.81. The van der Waals surface area contributed by atoms with E-state index in [4.69, 9.17) is 0 Å². The lowest BCUT2D eigenvalue weighted by Crippen LogP contribution is -2.41. The number of fused-ring (bicyclic) bond motifs is 1. The molecule has 3 N–H and O–H groups in total. The maximum Gasteiger partial charge on any atom is 0.267 e. The molecule has 0 fully saturated rings. The van der Waals surface area contributed by atoms with Crippen LogP contribution in [0.15, 0.2) is 35.1 Å². The van der Waals surface area contributed by atoms with Crippen molar-refractivity contribution in [3.63, 3.8) is 0 Å². The second-order valence-corrected chi connectivity index (χ2v) is 5.53. The van der Waals surface area contributed by atoms with Crippen LogP contribution in [0.1, 0.15) is 37.2 Å². The molecule has 0 saturated carbocycles. The van der Waals surface area contributed by atoms with Crippen LogP contribution in [0.4, 0.5) is 0 Å². The number of aromatic amines is 1. The molecule has 2 aromatic rings. The van der Waals surface area contributed by atoms with E-state index in [2.05, 4.69) is 10.3 Å². The molecule has 0 radical (unpaired) electrons. The van der Waals surface area contributed by atoms with Crippen LogP contribution in [-0.2, 0) is 0 Å². The minimum absolute atomic E-state index is 0.147. The molecule has 5 heteroatoms. The first kappa shape index (κ1) is 15.3. The highest BCUT2D eigenvalue weighted by Crippen LogP contribution is 2.12. The third-order valence-electron chi connectivity index (χ3n) is 3.42. The molecule has 0 aliphatic heterocycles. The zero-order valence-corrected chi connectivity index (χ0v) is 12.3. The molecule has 5 nitrogen and oxygen atoms in total. The van der Waals surface area contributed by atoms with E-state index in [9.17, 15) is 14.7 Å². The molecule has 1 atom stereocenters. The number of amides is 1. The zero-order chi connectivity index (χ0) is 15.5. The van der Waals surface area contributed by atoms with E-state index in [1.165, 1.54) is 0 Å². The van der Waals surface area contributed by atoms with Crippen molar-refractivity contribution in [1.29, 1.82) is 0 Å². The van der Waals surface area contributed by atoms with E-state index in [1.54, 1.807) is 31.2 Å². The second kappa shape index (κ2) is 6.10. The monoisotopic (exact) mass is 288 g/mol. The van der Waals surface area contributed by atoms with Crippen LogP contribution in [-0.4, -0.2) is 28.1 Å². The number of carbonyl (C=O) groups is 1. The van der Waals surface area contributed by atoms with Crippen molar-refractivity contribution in [1.82, 2.24) is 10.3 Å². The fraction of sp³-hybridized carbons (Fsp3) is 0.375. The summed E-state index contributed by atoms with van der Waals surface area (Å²) >= 11 is 0. The number of hydrogen-bond acceptors (Lipinski definition) is 3. The van der Waals surface area contributed by atoms with Gasteiger partial charge in [0.05, 0.1) is 5.60 Å².